The second kappa shape index (κ2) is 13.7. The molecule has 0 bridgehead atoms. The van der Waals surface area contributed by atoms with Gasteiger partial charge in [0.05, 0.1) is 18.2 Å². The highest BCUT2D eigenvalue weighted by Crippen LogP contribution is 2.21. The van der Waals surface area contributed by atoms with E-state index in [9.17, 15) is 19.5 Å². The molecule has 6 nitrogen and oxygen atoms in total. The molecule has 0 amide bonds. The van der Waals surface area contributed by atoms with Crippen molar-refractivity contribution < 1.29 is 19.5 Å². The third kappa shape index (κ3) is 17.0. The SMILES string of the molecule is C.CC(=O)CC(NC(C)(C)C)C(=O)C(C)(C)C.CCC(O)C(NC(C)(C)C)C(=O)C(C)(C)C. The van der Waals surface area contributed by atoms with Gasteiger partial charge in [-0.3, -0.25) is 14.4 Å². The first-order valence-electron chi connectivity index (χ1n) is 11.7. The largest absolute Gasteiger partial charge is 0.391 e. The van der Waals surface area contributed by atoms with Crippen molar-refractivity contribution in [3.63, 3.8) is 0 Å². The maximum Gasteiger partial charge on any atom is 0.157 e. The van der Waals surface area contributed by atoms with E-state index in [-0.39, 0.29) is 48.3 Å². The standard InChI is InChI=1S/C13H25NO2.C13H27NO2.CH4/c1-9(15)8-10(14-13(5,6)7)11(16)12(2,3)4;1-8-9(15)10(14-13(5,6)7)11(16)12(2,3)4;/h10,14H,8H2,1-7H3;9-10,14-15H,8H2,1-7H3;1H4. The Kier molecular flexibility index (Phi) is 15.1. The molecule has 0 aliphatic heterocycles. The molecule has 0 rings (SSSR count). The van der Waals surface area contributed by atoms with Crippen LogP contribution in [0.15, 0.2) is 0 Å². The molecule has 0 aromatic carbocycles. The molecule has 0 aromatic heterocycles. The van der Waals surface area contributed by atoms with Crippen LogP contribution in [0, 0.1) is 10.8 Å². The van der Waals surface area contributed by atoms with Gasteiger partial charge in [-0.2, -0.15) is 0 Å². The molecular formula is C27H56N2O4. The van der Waals surface area contributed by atoms with Crippen molar-refractivity contribution in [2.45, 2.75) is 146 Å². The summed E-state index contributed by atoms with van der Waals surface area (Å²) in [4.78, 5) is 35.6. The van der Waals surface area contributed by atoms with Gasteiger partial charge < -0.3 is 15.7 Å². The van der Waals surface area contributed by atoms with Gasteiger partial charge in [0.15, 0.2) is 11.6 Å². The third-order valence-electron chi connectivity index (χ3n) is 4.57. The molecule has 0 aliphatic carbocycles. The molecule has 0 spiro atoms. The van der Waals surface area contributed by atoms with Crippen LogP contribution < -0.4 is 10.6 Å². The summed E-state index contributed by atoms with van der Waals surface area (Å²) < 4.78 is 0. The number of rotatable bonds is 8. The minimum absolute atomic E-state index is 0. The zero-order chi connectivity index (χ0) is 26.3. The summed E-state index contributed by atoms with van der Waals surface area (Å²) >= 11 is 0. The van der Waals surface area contributed by atoms with Crippen LogP contribution in [0.4, 0.5) is 0 Å². The molecule has 0 aliphatic rings. The van der Waals surface area contributed by atoms with Crippen LogP contribution in [0.25, 0.3) is 0 Å². The van der Waals surface area contributed by atoms with E-state index < -0.39 is 23.0 Å². The smallest absolute Gasteiger partial charge is 0.157 e. The van der Waals surface area contributed by atoms with Gasteiger partial charge in [0.25, 0.3) is 0 Å². The Bertz CT molecular complexity index is 614. The topological polar surface area (TPSA) is 95.5 Å². The van der Waals surface area contributed by atoms with Crippen LogP contribution >= 0.6 is 0 Å². The quantitative estimate of drug-likeness (QED) is 0.455. The maximum absolute atomic E-state index is 12.2. The summed E-state index contributed by atoms with van der Waals surface area (Å²) in [6.45, 7) is 26.7. The number of hydrogen-bond donors (Lipinski definition) is 3. The van der Waals surface area contributed by atoms with Crippen molar-refractivity contribution in [1.29, 1.82) is 0 Å². The van der Waals surface area contributed by atoms with E-state index in [1.807, 2.05) is 90.0 Å². The Hall–Kier alpha value is -1.11. The number of carbonyl (C=O) groups excluding carboxylic acids is 3. The molecule has 3 N–H and O–H groups in total. The fourth-order valence-electron chi connectivity index (χ4n) is 3.05. The lowest BCUT2D eigenvalue weighted by molar-refractivity contribution is -0.132. The Balaban J connectivity index is -0.000000529. The zero-order valence-corrected chi connectivity index (χ0v) is 23.3. The monoisotopic (exact) mass is 472 g/mol. The first-order valence-corrected chi connectivity index (χ1v) is 11.7. The Morgan fingerprint density at radius 2 is 1.09 bits per heavy atom. The normalized spacial score (nSPS) is 15.4. The van der Waals surface area contributed by atoms with Gasteiger partial charge in [0, 0.05) is 28.3 Å². The van der Waals surface area contributed by atoms with E-state index in [2.05, 4.69) is 10.6 Å². The highest BCUT2D eigenvalue weighted by molar-refractivity contribution is 5.93. The summed E-state index contributed by atoms with van der Waals surface area (Å²) in [5.74, 6) is 0.203. The molecule has 0 fully saturated rings. The van der Waals surface area contributed by atoms with E-state index in [1.165, 1.54) is 6.92 Å². The molecule has 6 heteroatoms. The van der Waals surface area contributed by atoms with Gasteiger partial charge in [-0.25, -0.2) is 0 Å². The van der Waals surface area contributed by atoms with Gasteiger partial charge in [-0.1, -0.05) is 55.9 Å². The van der Waals surface area contributed by atoms with Gasteiger partial charge in [0.1, 0.15) is 5.78 Å². The van der Waals surface area contributed by atoms with Crippen LogP contribution in [0.1, 0.15) is 117 Å². The van der Waals surface area contributed by atoms with Crippen LogP contribution in [0.2, 0.25) is 0 Å². The Morgan fingerprint density at radius 3 is 1.33 bits per heavy atom. The highest BCUT2D eigenvalue weighted by Gasteiger charge is 2.35. The van der Waals surface area contributed by atoms with Crippen LogP contribution in [0.5, 0.6) is 0 Å². The molecule has 0 aromatic rings. The second-order valence-corrected chi connectivity index (χ2v) is 12.9. The minimum atomic E-state index is -0.619. The number of aliphatic hydroxyl groups is 1. The molecule has 0 heterocycles. The zero-order valence-electron chi connectivity index (χ0n) is 23.3. The first-order chi connectivity index (χ1) is 13.9. The average molecular weight is 473 g/mol. The molecule has 0 saturated heterocycles. The molecule has 33 heavy (non-hydrogen) atoms. The van der Waals surface area contributed by atoms with E-state index in [4.69, 9.17) is 0 Å². The lowest BCUT2D eigenvalue weighted by Crippen LogP contribution is -2.56. The Morgan fingerprint density at radius 1 is 0.727 bits per heavy atom. The van der Waals surface area contributed by atoms with Crippen molar-refractivity contribution in [3.05, 3.63) is 0 Å². The number of carbonyl (C=O) groups is 3. The van der Waals surface area contributed by atoms with Crippen molar-refractivity contribution in [1.82, 2.24) is 10.6 Å². The van der Waals surface area contributed by atoms with Gasteiger partial charge >= 0.3 is 0 Å². The molecule has 3 atom stereocenters. The van der Waals surface area contributed by atoms with Crippen LogP contribution in [0.3, 0.4) is 0 Å². The number of ketones is 3. The van der Waals surface area contributed by atoms with Crippen molar-refractivity contribution in [2.24, 2.45) is 10.8 Å². The summed E-state index contributed by atoms with van der Waals surface area (Å²) in [5.41, 5.74) is -1.19. The summed E-state index contributed by atoms with van der Waals surface area (Å²) in [7, 11) is 0. The van der Waals surface area contributed by atoms with Gasteiger partial charge in [0.2, 0.25) is 0 Å². The third-order valence-corrected chi connectivity index (χ3v) is 4.57. The summed E-state index contributed by atoms with van der Waals surface area (Å²) in [5, 5.41) is 16.4. The van der Waals surface area contributed by atoms with Crippen molar-refractivity contribution >= 4 is 17.3 Å². The number of Topliss-reactive ketones (excluding diaryl/α,β-unsaturated/α-hetero) is 3. The number of hydrogen-bond acceptors (Lipinski definition) is 6. The molecular weight excluding hydrogens is 416 g/mol. The molecule has 198 valence electrons. The molecule has 0 saturated carbocycles. The highest BCUT2D eigenvalue weighted by atomic mass is 16.3. The fourth-order valence-corrected chi connectivity index (χ4v) is 3.05. The van der Waals surface area contributed by atoms with E-state index >= 15 is 0 Å². The number of nitrogens with one attached hydrogen (secondary N) is 2. The second-order valence-electron chi connectivity index (χ2n) is 12.9. The predicted octanol–water partition coefficient (Wildman–Crippen LogP) is 5.10. The first kappa shape index (κ1) is 36.5. The minimum Gasteiger partial charge on any atom is -0.391 e. The summed E-state index contributed by atoms with van der Waals surface area (Å²) in [6, 6.07) is -0.859. The van der Waals surface area contributed by atoms with Crippen molar-refractivity contribution in [3.8, 4) is 0 Å². The molecule has 0 radical (unpaired) electrons. The fraction of sp³-hybridized carbons (Fsp3) is 0.889. The van der Waals surface area contributed by atoms with Gasteiger partial charge in [-0.05, 0) is 54.9 Å². The van der Waals surface area contributed by atoms with Crippen LogP contribution in [-0.2, 0) is 14.4 Å². The van der Waals surface area contributed by atoms with Crippen LogP contribution in [-0.4, -0.2) is 51.7 Å². The maximum atomic E-state index is 12.2. The predicted molar refractivity (Wildman–Crippen MR) is 141 cm³/mol. The lowest BCUT2D eigenvalue weighted by Gasteiger charge is -2.34. The molecule has 3 unspecified atom stereocenters. The average Bonchev–Trinajstić information content (AvgIpc) is 2.53. The van der Waals surface area contributed by atoms with E-state index in [0.29, 0.717) is 6.42 Å². The van der Waals surface area contributed by atoms with Gasteiger partial charge in [-0.15, -0.1) is 0 Å². The lowest BCUT2D eigenvalue weighted by atomic mass is 9.83. The number of aliphatic hydroxyl groups excluding tert-OH is 1. The van der Waals surface area contributed by atoms with E-state index in [1.54, 1.807) is 0 Å². The summed E-state index contributed by atoms with van der Waals surface area (Å²) in [6.07, 6.45) is 0.231. The van der Waals surface area contributed by atoms with Crippen molar-refractivity contribution in [2.75, 3.05) is 0 Å². The van der Waals surface area contributed by atoms with E-state index in [0.717, 1.165) is 0 Å². The Labute approximate surface area is 205 Å².